The molecule has 0 unspecified atom stereocenters. The monoisotopic (exact) mass is 396 g/mol. The molecule has 0 saturated heterocycles. The van der Waals surface area contributed by atoms with Gasteiger partial charge in [-0.05, 0) is 18.2 Å². The second-order valence-corrected chi connectivity index (χ2v) is 5.53. The van der Waals surface area contributed by atoms with Crippen LogP contribution in [0.4, 0.5) is 0 Å². The van der Waals surface area contributed by atoms with Crippen molar-refractivity contribution in [1.29, 1.82) is 0 Å². The smallest absolute Gasteiger partial charge is 0.414 e. The van der Waals surface area contributed by atoms with E-state index >= 15 is 0 Å². The zero-order valence-electron chi connectivity index (χ0n) is 14.6. The zero-order valence-corrected chi connectivity index (χ0v) is 14.6. The highest BCUT2D eigenvalue weighted by molar-refractivity contribution is 6.27. The van der Waals surface area contributed by atoms with Crippen molar-refractivity contribution >= 4 is 39.8 Å². The Bertz CT molecular complexity index is 1230. The maximum Gasteiger partial charge on any atom is 0.414 e. The number of nitrogens with zero attached hydrogens (tertiary/aromatic N) is 3. The molecule has 4 aromatic rings. The molecule has 0 fully saturated rings. The number of benzene rings is 1. The molecule has 4 rings (SSSR count). The lowest BCUT2D eigenvalue weighted by molar-refractivity contribution is -0.366. The average molecular weight is 396 g/mol. The van der Waals surface area contributed by atoms with E-state index in [-0.39, 0.29) is 5.69 Å². The highest BCUT2D eigenvalue weighted by Crippen LogP contribution is 2.24. The standard InChI is InChI=1S/C15H11N7O.C2H2O4/c16-22-15(23)14-13(18-5-6-19-14)11-7-20-10-2-1-9-8(3-4-17-9)12(10)21-11;3-1(4)2(5)6/h1-7,21H,16H2,(H,22,23);(H,3,4)(H,5,6)/p+1. The number of amides is 1. The average Bonchev–Trinajstić information content (AvgIpc) is 3.22. The van der Waals surface area contributed by atoms with E-state index in [1.807, 2.05) is 18.2 Å². The Hall–Kier alpha value is -4.45. The number of rotatable bonds is 2. The van der Waals surface area contributed by atoms with Crippen molar-refractivity contribution in [3.8, 4) is 11.4 Å². The third kappa shape index (κ3) is 3.96. The summed E-state index contributed by atoms with van der Waals surface area (Å²) in [4.78, 5) is 49.2. The van der Waals surface area contributed by atoms with Gasteiger partial charge in [-0.25, -0.2) is 25.4 Å². The van der Waals surface area contributed by atoms with Crippen LogP contribution in [0, 0.1) is 0 Å². The molecule has 12 heteroatoms. The van der Waals surface area contributed by atoms with Crippen molar-refractivity contribution in [2.75, 3.05) is 0 Å². The van der Waals surface area contributed by atoms with E-state index in [0.29, 0.717) is 11.4 Å². The van der Waals surface area contributed by atoms with Crippen molar-refractivity contribution in [3.63, 3.8) is 0 Å². The summed E-state index contributed by atoms with van der Waals surface area (Å²) in [5, 5.41) is 15.7. The van der Waals surface area contributed by atoms with E-state index in [0.717, 1.165) is 21.9 Å². The fourth-order valence-corrected chi connectivity index (χ4v) is 2.55. The molecule has 0 aliphatic carbocycles. The summed E-state index contributed by atoms with van der Waals surface area (Å²) in [6.45, 7) is 0. The molecule has 29 heavy (non-hydrogen) atoms. The summed E-state index contributed by atoms with van der Waals surface area (Å²) in [6.07, 6.45) is 6.51. The van der Waals surface area contributed by atoms with Gasteiger partial charge in [0.05, 0.1) is 28.9 Å². The summed E-state index contributed by atoms with van der Waals surface area (Å²) in [7, 11) is 0. The van der Waals surface area contributed by atoms with Crippen molar-refractivity contribution in [3.05, 3.63) is 48.7 Å². The van der Waals surface area contributed by atoms with Crippen LogP contribution in [0.15, 0.2) is 43.0 Å². The molecule has 0 aliphatic rings. The highest BCUT2D eigenvalue weighted by Gasteiger charge is 2.21. The third-order valence-corrected chi connectivity index (χ3v) is 3.79. The van der Waals surface area contributed by atoms with E-state index in [2.05, 4.69) is 30.3 Å². The number of nitrogens with one attached hydrogen (secondary N) is 3. The van der Waals surface area contributed by atoms with Gasteiger partial charge in [0.25, 0.3) is 11.6 Å². The Balaban J connectivity index is 0.000000353. The number of carbonyl (C=O) groups excluding carboxylic acids is 1. The Labute approximate surface area is 161 Å². The van der Waals surface area contributed by atoms with E-state index in [1.54, 1.807) is 18.6 Å². The number of carboxylic acid groups (broad SMARTS) is 2. The Morgan fingerprint density at radius 3 is 2.41 bits per heavy atom. The summed E-state index contributed by atoms with van der Waals surface area (Å²) in [5.41, 5.74) is 5.92. The van der Waals surface area contributed by atoms with Crippen LogP contribution >= 0.6 is 0 Å². The first kappa shape index (κ1) is 19.3. The lowest BCUT2D eigenvalue weighted by atomic mass is 10.2. The van der Waals surface area contributed by atoms with Crippen LogP contribution in [0.25, 0.3) is 33.3 Å². The van der Waals surface area contributed by atoms with Gasteiger partial charge in [0.15, 0.2) is 6.20 Å². The Kier molecular flexibility index (Phi) is 5.37. The number of carboxylic acids is 2. The van der Waals surface area contributed by atoms with Gasteiger partial charge in [-0.3, -0.25) is 20.2 Å². The van der Waals surface area contributed by atoms with E-state index in [1.165, 1.54) is 6.20 Å². The first-order chi connectivity index (χ1) is 13.9. The zero-order chi connectivity index (χ0) is 21.0. The molecule has 3 aromatic heterocycles. The van der Waals surface area contributed by atoms with Crippen molar-refractivity contribution in [2.45, 2.75) is 0 Å². The molecule has 0 radical (unpaired) electrons. The van der Waals surface area contributed by atoms with Gasteiger partial charge in [-0.15, -0.1) is 0 Å². The summed E-state index contributed by atoms with van der Waals surface area (Å²) in [6, 6.07) is 5.73. The Morgan fingerprint density at radius 2 is 1.72 bits per heavy atom. The molecule has 146 valence electrons. The van der Waals surface area contributed by atoms with Crippen LogP contribution in [-0.4, -0.2) is 48.0 Å². The Morgan fingerprint density at radius 1 is 1.00 bits per heavy atom. The molecule has 0 spiro atoms. The van der Waals surface area contributed by atoms with Gasteiger partial charge >= 0.3 is 11.9 Å². The second kappa shape index (κ2) is 8.06. The number of hydrogen-bond acceptors (Lipinski definition) is 7. The molecular formula is C17H14N7O5+. The molecule has 3 heterocycles. The molecular weight excluding hydrogens is 382 g/mol. The van der Waals surface area contributed by atoms with Crippen molar-refractivity contribution in [1.82, 2.24) is 25.4 Å². The quantitative estimate of drug-likeness (QED) is 0.131. The first-order valence-electron chi connectivity index (χ1n) is 7.99. The number of aromatic nitrogens is 5. The molecule has 0 bridgehead atoms. The lowest BCUT2D eigenvalue weighted by Crippen LogP contribution is -2.32. The molecule has 12 nitrogen and oxygen atoms in total. The topological polar surface area (TPSA) is 198 Å². The fraction of sp³-hybridized carbons (Fsp3) is 0. The number of aliphatic carboxylic acids is 2. The number of hydrogen-bond donors (Lipinski definition) is 5. The minimum Gasteiger partial charge on any atom is -0.473 e. The van der Waals surface area contributed by atoms with Gasteiger partial charge in [0.2, 0.25) is 5.69 Å². The number of nitrogen functional groups attached to an aromatic ring is 1. The van der Waals surface area contributed by atoms with Gasteiger partial charge < -0.3 is 15.2 Å². The normalized spacial score (nSPS) is 10.2. The van der Waals surface area contributed by atoms with Crippen molar-refractivity contribution < 1.29 is 29.6 Å². The summed E-state index contributed by atoms with van der Waals surface area (Å²) < 4.78 is 0. The molecule has 0 aliphatic heterocycles. The SMILES string of the molecule is NNC(=O)c1ncc[nH+]c1-c1cnc2ccc3nccc3c2[nH]1.O=C(O)C(=O)O. The van der Waals surface area contributed by atoms with Crippen LogP contribution in [-0.2, 0) is 9.59 Å². The number of hydrazine groups is 1. The maximum absolute atomic E-state index is 11.9. The number of nitrogens with two attached hydrogens (primary N) is 1. The molecule has 0 saturated carbocycles. The van der Waals surface area contributed by atoms with Crippen LogP contribution in [0.2, 0.25) is 0 Å². The number of fused-ring (bicyclic) bond motifs is 3. The molecule has 7 N–H and O–H groups in total. The van der Waals surface area contributed by atoms with Gasteiger partial charge in [-0.1, -0.05) is 0 Å². The number of H-pyrrole nitrogens is 2. The largest absolute Gasteiger partial charge is 0.473 e. The summed E-state index contributed by atoms with van der Waals surface area (Å²) in [5.74, 6) is 1.08. The maximum atomic E-state index is 11.9. The summed E-state index contributed by atoms with van der Waals surface area (Å²) >= 11 is 0. The van der Waals surface area contributed by atoms with Crippen LogP contribution in [0.5, 0.6) is 0 Å². The van der Waals surface area contributed by atoms with E-state index in [4.69, 9.17) is 25.6 Å². The number of aromatic amines is 2. The lowest BCUT2D eigenvalue weighted by Gasteiger charge is -2.04. The minimum atomic E-state index is -1.82. The van der Waals surface area contributed by atoms with E-state index < -0.39 is 17.8 Å². The van der Waals surface area contributed by atoms with Gasteiger partial charge in [0.1, 0.15) is 5.69 Å². The van der Waals surface area contributed by atoms with Crippen LogP contribution in [0.1, 0.15) is 10.5 Å². The van der Waals surface area contributed by atoms with Gasteiger partial charge in [0, 0.05) is 11.6 Å². The fourth-order valence-electron chi connectivity index (χ4n) is 2.55. The third-order valence-electron chi connectivity index (χ3n) is 3.79. The van der Waals surface area contributed by atoms with E-state index in [9.17, 15) is 4.79 Å². The molecule has 1 aromatic carbocycles. The van der Waals surface area contributed by atoms with Gasteiger partial charge in [-0.2, -0.15) is 0 Å². The van der Waals surface area contributed by atoms with Crippen LogP contribution in [0.3, 0.4) is 0 Å². The minimum absolute atomic E-state index is 0.181. The second-order valence-electron chi connectivity index (χ2n) is 5.53. The highest BCUT2D eigenvalue weighted by atomic mass is 16.4. The van der Waals surface area contributed by atoms with Crippen molar-refractivity contribution in [2.24, 2.45) is 5.84 Å². The predicted octanol–water partition coefficient (Wildman–Crippen LogP) is -0.254. The predicted molar refractivity (Wildman–Crippen MR) is 98.1 cm³/mol. The first-order valence-corrected chi connectivity index (χ1v) is 7.99. The van der Waals surface area contributed by atoms with Crippen LogP contribution < -0.4 is 16.3 Å². The molecule has 1 amide bonds. The number of carbonyl (C=O) groups is 3. The molecule has 0 atom stereocenters.